The SMILES string of the molecule is CC1(c2ccccc2)c2ccccc2-c2c(-c3cc(-c4cccc(-c5cccc6c5sc5ccccc56)c4)nc(-c4ccccc4)n3)cccc21. The smallest absolute Gasteiger partial charge is 0.160 e. The molecule has 51 heavy (non-hydrogen) atoms. The summed E-state index contributed by atoms with van der Waals surface area (Å²) in [6.45, 7) is 2.36. The molecule has 0 bridgehead atoms. The summed E-state index contributed by atoms with van der Waals surface area (Å²) in [7, 11) is 0. The van der Waals surface area contributed by atoms with Crippen LogP contribution in [0.2, 0.25) is 0 Å². The molecule has 240 valence electrons. The van der Waals surface area contributed by atoms with Crippen molar-refractivity contribution in [3.8, 4) is 56.2 Å². The number of fused-ring (bicyclic) bond motifs is 6. The van der Waals surface area contributed by atoms with Crippen LogP contribution in [0.15, 0.2) is 176 Å². The summed E-state index contributed by atoms with van der Waals surface area (Å²) in [6.07, 6.45) is 0. The lowest BCUT2D eigenvalue weighted by Gasteiger charge is -2.28. The number of thiophene rings is 1. The van der Waals surface area contributed by atoms with E-state index >= 15 is 0 Å². The van der Waals surface area contributed by atoms with Crippen molar-refractivity contribution in [1.29, 1.82) is 0 Å². The van der Waals surface area contributed by atoms with Gasteiger partial charge in [-0.15, -0.1) is 11.3 Å². The first-order valence-electron chi connectivity index (χ1n) is 17.4. The van der Waals surface area contributed by atoms with Gasteiger partial charge in [0.1, 0.15) is 0 Å². The van der Waals surface area contributed by atoms with E-state index in [1.807, 2.05) is 17.4 Å². The highest BCUT2D eigenvalue weighted by Crippen LogP contribution is 2.55. The fraction of sp³-hybridized carbons (Fsp3) is 0.0417. The number of benzene rings is 7. The van der Waals surface area contributed by atoms with Crippen LogP contribution in [0.4, 0.5) is 0 Å². The lowest BCUT2D eigenvalue weighted by atomic mass is 9.74. The van der Waals surface area contributed by atoms with Crippen molar-refractivity contribution in [2.45, 2.75) is 12.3 Å². The maximum Gasteiger partial charge on any atom is 0.160 e. The van der Waals surface area contributed by atoms with Gasteiger partial charge >= 0.3 is 0 Å². The molecule has 1 unspecified atom stereocenters. The zero-order chi connectivity index (χ0) is 33.9. The lowest BCUT2D eigenvalue weighted by molar-refractivity contribution is 0.714. The summed E-state index contributed by atoms with van der Waals surface area (Å²) in [4.78, 5) is 10.5. The summed E-state index contributed by atoms with van der Waals surface area (Å²) in [5.41, 5.74) is 13.5. The molecule has 2 heterocycles. The summed E-state index contributed by atoms with van der Waals surface area (Å²) in [6, 6.07) is 63.2. The van der Waals surface area contributed by atoms with Crippen LogP contribution in [0, 0.1) is 0 Å². The highest BCUT2D eigenvalue weighted by molar-refractivity contribution is 7.26. The molecule has 0 aliphatic heterocycles. The Morgan fingerprint density at radius 2 is 1.06 bits per heavy atom. The minimum Gasteiger partial charge on any atom is -0.228 e. The molecule has 9 aromatic rings. The van der Waals surface area contributed by atoms with Crippen LogP contribution in [-0.2, 0) is 5.41 Å². The van der Waals surface area contributed by atoms with E-state index < -0.39 is 0 Å². The Bertz CT molecular complexity index is 2760. The van der Waals surface area contributed by atoms with Gasteiger partial charge in [0.2, 0.25) is 0 Å². The second kappa shape index (κ2) is 11.7. The van der Waals surface area contributed by atoms with Crippen LogP contribution in [0.25, 0.3) is 76.3 Å². The van der Waals surface area contributed by atoms with Gasteiger partial charge in [-0.05, 0) is 64.1 Å². The first kappa shape index (κ1) is 29.7. The molecule has 0 N–H and O–H groups in total. The lowest BCUT2D eigenvalue weighted by Crippen LogP contribution is -2.22. The first-order chi connectivity index (χ1) is 25.2. The van der Waals surface area contributed by atoms with E-state index in [0.717, 1.165) is 33.9 Å². The van der Waals surface area contributed by atoms with E-state index in [9.17, 15) is 0 Å². The van der Waals surface area contributed by atoms with E-state index in [1.54, 1.807) is 0 Å². The molecular weight excluding hydrogens is 637 g/mol. The average molecular weight is 669 g/mol. The number of hydrogen-bond acceptors (Lipinski definition) is 3. The van der Waals surface area contributed by atoms with Crippen LogP contribution in [0.5, 0.6) is 0 Å². The highest BCUT2D eigenvalue weighted by Gasteiger charge is 2.41. The quantitative estimate of drug-likeness (QED) is 0.182. The molecule has 1 aliphatic rings. The van der Waals surface area contributed by atoms with E-state index in [4.69, 9.17) is 9.97 Å². The molecular formula is C48H32N2S. The molecule has 0 fully saturated rings. The Balaban J connectivity index is 1.18. The van der Waals surface area contributed by atoms with Crippen molar-refractivity contribution in [2.24, 2.45) is 0 Å². The van der Waals surface area contributed by atoms with Gasteiger partial charge in [0.15, 0.2) is 5.82 Å². The van der Waals surface area contributed by atoms with Crippen LogP contribution < -0.4 is 0 Å². The Morgan fingerprint density at radius 1 is 0.451 bits per heavy atom. The molecule has 0 saturated heterocycles. The van der Waals surface area contributed by atoms with Crippen molar-refractivity contribution < 1.29 is 0 Å². The second-order valence-electron chi connectivity index (χ2n) is 13.5. The summed E-state index contributed by atoms with van der Waals surface area (Å²) in [5.74, 6) is 0.717. The Hall–Kier alpha value is -6.16. The van der Waals surface area contributed by atoms with Gasteiger partial charge in [-0.3, -0.25) is 0 Å². The van der Waals surface area contributed by atoms with Crippen LogP contribution >= 0.6 is 11.3 Å². The second-order valence-corrected chi connectivity index (χ2v) is 14.5. The predicted octanol–water partition coefficient (Wildman–Crippen LogP) is 12.8. The molecule has 2 nitrogen and oxygen atoms in total. The Kier molecular flexibility index (Phi) is 6.83. The van der Waals surface area contributed by atoms with Gasteiger partial charge in [0.05, 0.1) is 11.4 Å². The topological polar surface area (TPSA) is 25.8 Å². The zero-order valence-electron chi connectivity index (χ0n) is 28.0. The minimum absolute atomic E-state index is 0.288. The molecule has 0 saturated carbocycles. The normalized spacial score (nSPS) is 14.8. The highest BCUT2D eigenvalue weighted by atomic mass is 32.1. The number of aromatic nitrogens is 2. The van der Waals surface area contributed by atoms with Gasteiger partial charge in [0.25, 0.3) is 0 Å². The number of rotatable bonds is 5. The predicted molar refractivity (Wildman–Crippen MR) is 214 cm³/mol. The zero-order valence-corrected chi connectivity index (χ0v) is 28.9. The fourth-order valence-electron chi connectivity index (χ4n) is 8.11. The van der Waals surface area contributed by atoms with E-state index in [0.29, 0.717) is 0 Å². The van der Waals surface area contributed by atoms with E-state index in [2.05, 4.69) is 177 Å². The van der Waals surface area contributed by atoms with Crippen LogP contribution in [0.1, 0.15) is 23.6 Å². The van der Waals surface area contributed by atoms with E-state index in [-0.39, 0.29) is 5.41 Å². The molecule has 0 radical (unpaired) electrons. The Morgan fingerprint density at radius 3 is 1.94 bits per heavy atom. The van der Waals surface area contributed by atoms with Gasteiger partial charge in [-0.1, -0.05) is 158 Å². The third-order valence-corrected chi connectivity index (χ3v) is 11.8. The maximum absolute atomic E-state index is 5.31. The standard InChI is InChI=1S/C48H32N2S/c1-48(34-19-6-3-7-20-34)40-26-10-8-22-38(40)45-39(25-14-27-41(45)48)43-30-42(49-47(50-43)31-15-4-2-5-16-31)33-18-12-17-32(29-33)35-23-13-24-37-36-21-9-11-28-44(36)51-46(35)37/h2-30H,1H3. The van der Waals surface area contributed by atoms with Crippen molar-refractivity contribution in [3.63, 3.8) is 0 Å². The first-order valence-corrected chi connectivity index (χ1v) is 18.2. The average Bonchev–Trinajstić information content (AvgIpc) is 3.72. The van der Waals surface area contributed by atoms with Crippen molar-refractivity contribution >= 4 is 31.5 Å². The van der Waals surface area contributed by atoms with Crippen LogP contribution in [0.3, 0.4) is 0 Å². The minimum atomic E-state index is -0.288. The van der Waals surface area contributed by atoms with Gasteiger partial charge in [0, 0.05) is 42.3 Å². The molecule has 1 atom stereocenters. The van der Waals surface area contributed by atoms with Crippen LogP contribution in [-0.4, -0.2) is 9.97 Å². The van der Waals surface area contributed by atoms with Crippen molar-refractivity contribution in [3.05, 3.63) is 193 Å². The maximum atomic E-state index is 5.31. The van der Waals surface area contributed by atoms with Gasteiger partial charge in [-0.25, -0.2) is 9.97 Å². The molecule has 10 rings (SSSR count). The molecule has 0 amide bonds. The fourth-order valence-corrected chi connectivity index (χ4v) is 9.35. The number of hydrogen-bond donors (Lipinski definition) is 0. The third-order valence-electron chi connectivity index (χ3n) is 10.6. The summed E-state index contributed by atoms with van der Waals surface area (Å²) < 4.78 is 2.62. The molecule has 7 aromatic carbocycles. The van der Waals surface area contributed by atoms with Crippen molar-refractivity contribution in [2.75, 3.05) is 0 Å². The van der Waals surface area contributed by atoms with Crippen molar-refractivity contribution in [1.82, 2.24) is 9.97 Å². The molecule has 0 spiro atoms. The molecule has 1 aliphatic carbocycles. The Labute approximate surface area is 301 Å². The van der Waals surface area contributed by atoms with E-state index in [1.165, 1.54) is 59.1 Å². The monoisotopic (exact) mass is 668 g/mol. The molecule has 2 aromatic heterocycles. The third kappa shape index (κ3) is 4.70. The summed E-state index contributed by atoms with van der Waals surface area (Å²) in [5, 5.41) is 2.61. The number of nitrogens with zero attached hydrogens (tertiary/aromatic N) is 2. The molecule has 3 heteroatoms. The van der Waals surface area contributed by atoms with Gasteiger partial charge in [-0.2, -0.15) is 0 Å². The largest absolute Gasteiger partial charge is 0.228 e. The van der Waals surface area contributed by atoms with Gasteiger partial charge < -0.3 is 0 Å². The summed E-state index contributed by atoms with van der Waals surface area (Å²) >= 11 is 1.86.